The van der Waals surface area contributed by atoms with Gasteiger partial charge in [0.2, 0.25) is 0 Å². The number of imidazole rings is 1. The number of sulfonamides is 1. The fourth-order valence-corrected chi connectivity index (χ4v) is 4.10. The van der Waals surface area contributed by atoms with Gasteiger partial charge in [-0.3, -0.25) is 9.29 Å². The molecular weight excluding hydrogens is 374 g/mol. The van der Waals surface area contributed by atoms with Crippen LogP contribution in [0.25, 0.3) is 5.69 Å². The third-order valence-electron chi connectivity index (χ3n) is 3.96. The van der Waals surface area contributed by atoms with Crippen LogP contribution >= 0.6 is 11.6 Å². The number of H-pyrrole nitrogens is 1. The predicted octanol–water partition coefficient (Wildman–Crippen LogP) is 3.74. The predicted molar refractivity (Wildman–Crippen MR) is 103 cm³/mol. The van der Waals surface area contributed by atoms with E-state index >= 15 is 0 Å². The van der Waals surface area contributed by atoms with Crippen molar-refractivity contribution in [3.05, 3.63) is 75.9 Å². The summed E-state index contributed by atoms with van der Waals surface area (Å²) in [6.07, 6.45) is 3.13. The molecule has 26 heavy (non-hydrogen) atoms. The standard InChI is InChI=1S/C18H18ClN3O3S/c1-12(2)13-3-8-16(19)17(11-13)26(24,25)21-14-4-6-15(7-5-14)22-10-9-20-18(22)23/h3-12,21H,1-2H3,(H,20,23). The molecule has 0 amide bonds. The summed E-state index contributed by atoms with van der Waals surface area (Å²) in [5, 5.41) is 0.164. The molecule has 0 aliphatic heterocycles. The first-order chi connectivity index (χ1) is 12.3. The smallest absolute Gasteiger partial charge is 0.312 e. The second-order valence-corrected chi connectivity index (χ2v) is 8.19. The van der Waals surface area contributed by atoms with E-state index in [1.165, 1.54) is 10.8 Å². The number of aromatic amines is 1. The third kappa shape index (κ3) is 3.68. The normalized spacial score (nSPS) is 11.7. The summed E-state index contributed by atoms with van der Waals surface area (Å²) < 4.78 is 29.4. The SMILES string of the molecule is CC(C)c1ccc(Cl)c(S(=O)(=O)Nc2ccc(-n3cc[nH]c3=O)cc2)c1. The zero-order valence-electron chi connectivity index (χ0n) is 14.2. The number of aromatic nitrogens is 2. The van der Waals surface area contributed by atoms with Gasteiger partial charge in [0.1, 0.15) is 4.90 Å². The first kappa shape index (κ1) is 18.3. The summed E-state index contributed by atoms with van der Waals surface area (Å²) in [5.74, 6) is 0.181. The van der Waals surface area contributed by atoms with E-state index in [9.17, 15) is 13.2 Å². The monoisotopic (exact) mass is 391 g/mol. The topological polar surface area (TPSA) is 84.0 Å². The quantitative estimate of drug-likeness (QED) is 0.694. The molecule has 0 unspecified atom stereocenters. The molecule has 0 atom stereocenters. The molecule has 1 aromatic heterocycles. The van der Waals surface area contributed by atoms with Crippen LogP contribution < -0.4 is 10.4 Å². The Morgan fingerprint density at radius 1 is 1.12 bits per heavy atom. The lowest BCUT2D eigenvalue weighted by atomic mass is 10.0. The van der Waals surface area contributed by atoms with Crippen molar-refractivity contribution in [3.63, 3.8) is 0 Å². The second kappa shape index (κ2) is 7.01. The molecular formula is C18H18ClN3O3S. The van der Waals surface area contributed by atoms with Crippen LogP contribution in [0.2, 0.25) is 5.02 Å². The van der Waals surface area contributed by atoms with Gasteiger partial charge in [0.15, 0.2) is 0 Å². The summed E-state index contributed by atoms with van der Waals surface area (Å²) >= 11 is 6.10. The molecule has 0 spiro atoms. The molecule has 0 aliphatic carbocycles. The Bertz CT molecular complexity index is 1080. The van der Waals surface area contributed by atoms with Gasteiger partial charge in [0, 0.05) is 18.1 Å². The highest BCUT2D eigenvalue weighted by atomic mass is 35.5. The summed E-state index contributed by atoms with van der Waals surface area (Å²) in [4.78, 5) is 14.2. The van der Waals surface area contributed by atoms with Crippen molar-refractivity contribution in [2.24, 2.45) is 0 Å². The van der Waals surface area contributed by atoms with Gasteiger partial charge >= 0.3 is 5.69 Å². The molecule has 2 aromatic carbocycles. The van der Waals surface area contributed by atoms with Crippen molar-refractivity contribution in [1.29, 1.82) is 0 Å². The minimum Gasteiger partial charge on any atom is -0.312 e. The first-order valence-electron chi connectivity index (χ1n) is 7.96. The fraction of sp³-hybridized carbons (Fsp3) is 0.167. The van der Waals surface area contributed by atoms with Crippen molar-refractivity contribution < 1.29 is 8.42 Å². The minimum atomic E-state index is -3.83. The summed E-state index contributed by atoms with van der Waals surface area (Å²) in [7, 11) is -3.83. The molecule has 0 saturated carbocycles. The Balaban J connectivity index is 1.90. The lowest BCUT2D eigenvalue weighted by molar-refractivity contribution is 0.601. The van der Waals surface area contributed by atoms with Gasteiger partial charge in [0.05, 0.1) is 10.7 Å². The molecule has 2 N–H and O–H groups in total. The van der Waals surface area contributed by atoms with Crippen LogP contribution in [0.3, 0.4) is 0 Å². The maximum Gasteiger partial charge on any atom is 0.330 e. The van der Waals surface area contributed by atoms with Gasteiger partial charge in [0.25, 0.3) is 10.0 Å². The highest BCUT2D eigenvalue weighted by Gasteiger charge is 2.19. The number of hydrogen-bond acceptors (Lipinski definition) is 3. The van der Waals surface area contributed by atoms with Gasteiger partial charge < -0.3 is 4.98 Å². The highest BCUT2D eigenvalue weighted by Crippen LogP contribution is 2.28. The van der Waals surface area contributed by atoms with E-state index in [0.717, 1.165) is 5.56 Å². The summed E-state index contributed by atoms with van der Waals surface area (Å²) in [6, 6.07) is 11.5. The molecule has 136 valence electrons. The van der Waals surface area contributed by atoms with Crippen molar-refractivity contribution in [1.82, 2.24) is 9.55 Å². The molecule has 1 heterocycles. The molecule has 0 aliphatic rings. The zero-order valence-corrected chi connectivity index (χ0v) is 15.8. The van der Waals surface area contributed by atoms with Gasteiger partial charge in [-0.15, -0.1) is 0 Å². The Morgan fingerprint density at radius 3 is 2.38 bits per heavy atom. The van der Waals surface area contributed by atoms with E-state index in [1.807, 2.05) is 19.9 Å². The van der Waals surface area contributed by atoms with Crippen LogP contribution in [0.4, 0.5) is 5.69 Å². The number of hydrogen-bond donors (Lipinski definition) is 2. The number of benzene rings is 2. The minimum absolute atomic E-state index is 0.0382. The van der Waals surface area contributed by atoms with E-state index in [4.69, 9.17) is 11.6 Å². The van der Waals surface area contributed by atoms with Crippen LogP contribution in [0.15, 0.2) is 64.5 Å². The average Bonchev–Trinajstić information content (AvgIpc) is 3.01. The molecule has 0 saturated heterocycles. The summed E-state index contributed by atoms with van der Waals surface area (Å²) in [5.41, 5.74) is 1.62. The number of halogens is 1. The molecule has 0 fully saturated rings. The van der Waals surface area contributed by atoms with Gasteiger partial charge in [-0.25, -0.2) is 13.2 Å². The highest BCUT2D eigenvalue weighted by molar-refractivity contribution is 7.92. The number of nitrogens with zero attached hydrogens (tertiary/aromatic N) is 1. The molecule has 3 aromatic rings. The van der Waals surface area contributed by atoms with Crippen molar-refractivity contribution in [2.75, 3.05) is 4.72 Å². The van der Waals surface area contributed by atoms with E-state index in [1.54, 1.807) is 42.6 Å². The Morgan fingerprint density at radius 2 is 1.81 bits per heavy atom. The van der Waals surface area contributed by atoms with Crippen LogP contribution in [-0.2, 0) is 10.0 Å². The summed E-state index contributed by atoms with van der Waals surface area (Å²) in [6.45, 7) is 3.96. The molecule has 0 bridgehead atoms. The second-order valence-electron chi connectivity index (χ2n) is 6.13. The maximum atomic E-state index is 12.7. The van der Waals surface area contributed by atoms with Gasteiger partial charge in [-0.2, -0.15) is 0 Å². The largest absolute Gasteiger partial charge is 0.330 e. The molecule has 0 radical (unpaired) electrons. The van der Waals surface area contributed by atoms with Crippen molar-refractivity contribution in [2.45, 2.75) is 24.7 Å². The first-order valence-corrected chi connectivity index (χ1v) is 9.83. The maximum absolute atomic E-state index is 12.7. The Labute approximate surface area is 156 Å². The molecule has 6 nitrogen and oxygen atoms in total. The van der Waals surface area contributed by atoms with Crippen LogP contribution in [-0.4, -0.2) is 18.0 Å². The van der Waals surface area contributed by atoms with Crippen molar-refractivity contribution in [3.8, 4) is 5.69 Å². The van der Waals surface area contributed by atoms with E-state index in [0.29, 0.717) is 11.4 Å². The van der Waals surface area contributed by atoms with E-state index in [2.05, 4.69) is 9.71 Å². The van der Waals surface area contributed by atoms with E-state index in [-0.39, 0.29) is 21.5 Å². The molecule has 3 rings (SSSR count). The van der Waals surface area contributed by atoms with Crippen LogP contribution in [0.1, 0.15) is 25.3 Å². The number of anilines is 1. The van der Waals surface area contributed by atoms with Crippen molar-refractivity contribution >= 4 is 27.3 Å². The Hall–Kier alpha value is -2.51. The van der Waals surface area contributed by atoms with E-state index < -0.39 is 10.0 Å². The fourth-order valence-electron chi connectivity index (χ4n) is 2.51. The zero-order chi connectivity index (χ0) is 18.9. The van der Waals surface area contributed by atoms with Gasteiger partial charge in [-0.05, 0) is 47.9 Å². The average molecular weight is 392 g/mol. The van der Waals surface area contributed by atoms with Crippen LogP contribution in [0.5, 0.6) is 0 Å². The lowest BCUT2D eigenvalue weighted by Gasteiger charge is -2.13. The molecule has 8 heteroatoms. The Kier molecular flexibility index (Phi) is 4.93. The third-order valence-corrected chi connectivity index (χ3v) is 5.82. The number of nitrogens with one attached hydrogen (secondary N) is 2. The van der Waals surface area contributed by atoms with Gasteiger partial charge in [-0.1, -0.05) is 31.5 Å². The number of rotatable bonds is 5. The lowest BCUT2D eigenvalue weighted by Crippen LogP contribution is -2.15. The van der Waals surface area contributed by atoms with Crippen LogP contribution in [0, 0.1) is 0 Å².